The molecule has 1 heterocycles. The molecule has 0 spiro atoms. The molecule has 0 saturated heterocycles. The van der Waals surface area contributed by atoms with Crippen LogP contribution in [0.2, 0.25) is 0 Å². The van der Waals surface area contributed by atoms with Gasteiger partial charge in [0.1, 0.15) is 23.5 Å². The van der Waals surface area contributed by atoms with Crippen LogP contribution in [0.4, 0.5) is 0 Å². The third-order valence-electron chi connectivity index (χ3n) is 4.01. The maximum absolute atomic E-state index is 13.2. The minimum absolute atomic E-state index is 0.0948. The molecule has 1 aromatic carbocycles. The van der Waals surface area contributed by atoms with E-state index in [1.807, 2.05) is 20.8 Å². The van der Waals surface area contributed by atoms with Crippen LogP contribution in [-0.2, 0) is 4.84 Å². The molecule has 1 aromatic heterocycles. The van der Waals surface area contributed by atoms with Gasteiger partial charge in [0.2, 0.25) is 11.6 Å². The highest BCUT2D eigenvalue weighted by Gasteiger charge is 2.31. The molecule has 1 N–H and O–H groups in total. The minimum Gasteiger partial charge on any atom is -0.618 e. The fraction of sp³-hybridized carbons (Fsp3) is 0.348. The second-order valence-corrected chi connectivity index (χ2v) is 8.97. The van der Waals surface area contributed by atoms with Crippen molar-refractivity contribution >= 4 is 11.7 Å². The number of ether oxygens (including phenoxy) is 1. The fourth-order valence-corrected chi connectivity index (χ4v) is 2.44. The quantitative estimate of drug-likeness (QED) is 0.193. The van der Waals surface area contributed by atoms with Gasteiger partial charge < -0.3 is 19.9 Å². The van der Waals surface area contributed by atoms with E-state index < -0.39 is 28.2 Å². The first-order valence-electron chi connectivity index (χ1n) is 9.67. The molecule has 0 atom stereocenters. The number of aromatic nitrogens is 1. The molecule has 2 aromatic rings. The van der Waals surface area contributed by atoms with Crippen molar-refractivity contribution in [3.8, 4) is 23.6 Å². The van der Waals surface area contributed by atoms with Gasteiger partial charge in [0, 0.05) is 11.5 Å². The van der Waals surface area contributed by atoms with Crippen LogP contribution >= 0.6 is 0 Å². The van der Waals surface area contributed by atoms with Crippen LogP contribution in [0.15, 0.2) is 35.6 Å². The molecule has 2 rings (SSSR count). The molecule has 0 aliphatic rings. The van der Waals surface area contributed by atoms with E-state index in [4.69, 9.17) is 14.8 Å². The van der Waals surface area contributed by atoms with Gasteiger partial charge in [-0.25, -0.2) is 0 Å². The van der Waals surface area contributed by atoms with E-state index in [1.54, 1.807) is 32.9 Å². The Morgan fingerprint density at radius 2 is 1.72 bits per heavy atom. The summed E-state index contributed by atoms with van der Waals surface area (Å²) in [4.78, 5) is 18.7. The second-order valence-electron chi connectivity index (χ2n) is 8.97. The number of phenolic OH excluding ortho intramolecular Hbond substituents is 1. The van der Waals surface area contributed by atoms with Gasteiger partial charge in [0.05, 0.1) is 16.7 Å². The molecule has 0 bridgehead atoms. The number of nitrogens with zero attached hydrogens (tertiary/aromatic N) is 4. The zero-order valence-electron chi connectivity index (χ0n) is 18.8. The molecule has 0 aliphatic heterocycles. The number of oxime groups is 1. The molecule has 9 heteroatoms. The molecule has 9 nitrogen and oxygen atoms in total. The number of carbonyl (C=O) groups excluding carboxylic acids is 1. The van der Waals surface area contributed by atoms with E-state index in [2.05, 4.69) is 5.16 Å². The number of rotatable bonds is 4. The Morgan fingerprint density at radius 1 is 1.12 bits per heavy atom. The topological polar surface area (TPSA) is 143 Å². The maximum Gasteiger partial charge on any atom is 0.308 e. The highest BCUT2D eigenvalue weighted by molar-refractivity contribution is 6.10. The summed E-state index contributed by atoms with van der Waals surface area (Å²) < 4.78 is 6.15. The predicted molar refractivity (Wildman–Crippen MR) is 115 cm³/mol. The number of nitriles is 2. The summed E-state index contributed by atoms with van der Waals surface area (Å²) in [6, 6.07) is 8.43. The zero-order chi connectivity index (χ0) is 24.3. The van der Waals surface area contributed by atoms with Crippen LogP contribution in [0.25, 0.3) is 0 Å². The van der Waals surface area contributed by atoms with Gasteiger partial charge in [-0.05, 0) is 39.0 Å². The summed E-state index contributed by atoms with van der Waals surface area (Å²) >= 11 is 0. The summed E-state index contributed by atoms with van der Waals surface area (Å²) in [5.41, 5.74) is -2.19. The number of benzene rings is 1. The normalized spacial score (nSPS) is 11.9. The van der Waals surface area contributed by atoms with Crippen molar-refractivity contribution in [2.75, 3.05) is 0 Å². The lowest BCUT2D eigenvalue weighted by Crippen LogP contribution is -2.37. The Labute approximate surface area is 186 Å². The molecule has 0 radical (unpaired) electrons. The molecular weight excluding hydrogens is 412 g/mol. The number of ketones is 1. The summed E-state index contributed by atoms with van der Waals surface area (Å²) in [5, 5.41) is 45.2. The van der Waals surface area contributed by atoms with Gasteiger partial charge >= 0.3 is 5.69 Å². The Bertz CT molecular complexity index is 1160. The third kappa shape index (κ3) is 5.52. The van der Waals surface area contributed by atoms with Gasteiger partial charge in [-0.2, -0.15) is 15.3 Å². The number of hydrogen-bond donors (Lipinski definition) is 1. The lowest BCUT2D eigenvalue weighted by atomic mass is 9.96. The first-order chi connectivity index (χ1) is 14.8. The van der Waals surface area contributed by atoms with Crippen molar-refractivity contribution in [3.63, 3.8) is 0 Å². The smallest absolute Gasteiger partial charge is 0.308 e. The van der Waals surface area contributed by atoms with Gasteiger partial charge in [0.15, 0.2) is 6.20 Å². The number of pyridine rings is 1. The van der Waals surface area contributed by atoms with E-state index in [-0.39, 0.29) is 28.3 Å². The average Bonchev–Trinajstić information content (AvgIpc) is 2.68. The van der Waals surface area contributed by atoms with E-state index in [0.29, 0.717) is 4.73 Å². The summed E-state index contributed by atoms with van der Waals surface area (Å²) in [6.45, 7) is 10.9. The average molecular weight is 436 g/mol. The molecule has 0 unspecified atom stereocenters. The molecule has 0 aliphatic carbocycles. The molecule has 0 saturated carbocycles. The highest BCUT2D eigenvalue weighted by atomic mass is 16.7. The lowest BCUT2D eigenvalue weighted by Gasteiger charge is -2.23. The SMILES string of the molecule is CC(C)(C)O/N=C(\Oc1ccc[n+]([O-])c1C(=O)c1cc(C#N)c(C#N)cc1O)C(C)(C)C. The number of phenols is 1. The number of aromatic hydroxyl groups is 1. The van der Waals surface area contributed by atoms with E-state index in [1.165, 1.54) is 12.1 Å². The summed E-state index contributed by atoms with van der Waals surface area (Å²) in [5.74, 6) is -1.42. The van der Waals surface area contributed by atoms with Crippen molar-refractivity contribution < 1.29 is 24.2 Å². The van der Waals surface area contributed by atoms with Crippen molar-refractivity contribution in [2.45, 2.75) is 47.1 Å². The Kier molecular flexibility index (Phi) is 6.75. The Hall–Kier alpha value is -4.11. The van der Waals surface area contributed by atoms with E-state index in [0.717, 1.165) is 18.3 Å². The van der Waals surface area contributed by atoms with Crippen LogP contribution in [0.3, 0.4) is 0 Å². The number of carbonyl (C=O) groups is 1. The van der Waals surface area contributed by atoms with Crippen LogP contribution in [-0.4, -0.2) is 22.4 Å². The zero-order valence-corrected chi connectivity index (χ0v) is 18.8. The monoisotopic (exact) mass is 436 g/mol. The Balaban J connectivity index is 2.61. The predicted octanol–water partition coefficient (Wildman–Crippen LogP) is 3.55. The minimum atomic E-state index is -0.890. The second kappa shape index (κ2) is 8.94. The van der Waals surface area contributed by atoms with Crippen LogP contribution < -0.4 is 9.47 Å². The molecule has 0 fully saturated rings. The standard InChI is InChI=1S/C23H24N4O5/c1-22(2,3)21(26-32-23(4,5)6)31-18-8-7-9-27(30)19(18)20(29)16-10-14(12-24)15(13-25)11-17(16)28/h7-11,28H,1-6H3/b26-21-. The van der Waals surface area contributed by atoms with E-state index in [9.17, 15) is 20.4 Å². The molecular formula is C23H24N4O5. The third-order valence-corrected chi connectivity index (χ3v) is 4.01. The van der Waals surface area contributed by atoms with Gasteiger partial charge in [-0.15, -0.1) is 0 Å². The van der Waals surface area contributed by atoms with Crippen molar-refractivity contribution in [2.24, 2.45) is 10.6 Å². The van der Waals surface area contributed by atoms with Gasteiger partial charge in [0.25, 0.3) is 5.78 Å². The van der Waals surface area contributed by atoms with Gasteiger partial charge in [-0.1, -0.05) is 25.9 Å². The molecule has 0 amide bonds. The summed E-state index contributed by atoms with van der Waals surface area (Å²) in [7, 11) is 0. The molecule has 166 valence electrons. The van der Waals surface area contributed by atoms with Crippen molar-refractivity contribution in [1.82, 2.24) is 0 Å². The summed E-state index contributed by atoms with van der Waals surface area (Å²) in [6.07, 6.45) is 1.10. The van der Waals surface area contributed by atoms with Crippen LogP contribution in [0.1, 0.15) is 68.7 Å². The lowest BCUT2D eigenvalue weighted by molar-refractivity contribution is -0.607. The van der Waals surface area contributed by atoms with E-state index >= 15 is 0 Å². The first-order valence-corrected chi connectivity index (χ1v) is 9.67. The highest BCUT2D eigenvalue weighted by Crippen LogP contribution is 2.29. The van der Waals surface area contributed by atoms with Crippen LogP contribution in [0, 0.1) is 33.3 Å². The maximum atomic E-state index is 13.2. The first kappa shape index (κ1) is 24.2. The molecule has 32 heavy (non-hydrogen) atoms. The largest absolute Gasteiger partial charge is 0.618 e. The fourth-order valence-electron chi connectivity index (χ4n) is 2.44. The van der Waals surface area contributed by atoms with Crippen LogP contribution in [0.5, 0.6) is 11.5 Å². The number of hydrogen-bond acceptors (Lipinski definition) is 8. The van der Waals surface area contributed by atoms with Gasteiger partial charge in [-0.3, -0.25) is 4.79 Å². The van der Waals surface area contributed by atoms with Crippen molar-refractivity contribution in [1.29, 1.82) is 10.5 Å². The Morgan fingerprint density at radius 3 is 2.25 bits per heavy atom. The van der Waals surface area contributed by atoms with Crippen molar-refractivity contribution in [3.05, 3.63) is 58.1 Å².